The average Bonchev–Trinajstić information content (AvgIpc) is 2.72. The first-order valence-corrected chi connectivity index (χ1v) is 6.96. The number of nitrogens with zero attached hydrogens (tertiary/aromatic N) is 2. The van der Waals surface area contributed by atoms with Gasteiger partial charge in [0.1, 0.15) is 0 Å². The minimum atomic E-state index is 0.492. The zero-order valence-corrected chi connectivity index (χ0v) is 12.6. The van der Waals surface area contributed by atoms with Crippen molar-refractivity contribution in [2.24, 2.45) is 0 Å². The lowest BCUT2D eigenvalue weighted by Crippen LogP contribution is -2.22. The molecule has 0 aromatic carbocycles. The molecule has 0 saturated carbocycles. The Balaban J connectivity index is 2.26. The van der Waals surface area contributed by atoms with Gasteiger partial charge in [0, 0.05) is 44.2 Å². The molecule has 0 fully saturated rings. The van der Waals surface area contributed by atoms with Crippen molar-refractivity contribution < 1.29 is 9.47 Å². The van der Waals surface area contributed by atoms with Gasteiger partial charge in [0.25, 0.3) is 0 Å². The zero-order valence-electron chi connectivity index (χ0n) is 12.6. The molecule has 5 nitrogen and oxygen atoms in total. The van der Waals surface area contributed by atoms with Gasteiger partial charge in [-0.3, -0.25) is 4.68 Å². The Hall–Kier alpha value is -0.910. The van der Waals surface area contributed by atoms with Gasteiger partial charge in [0.05, 0.1) is 19.3 Å². The van der Waals surface area contributed by atoms with Crippen molar-refractivity contribution in [1.29, 1.82) is 0 Å². The third-order valence-corrected chi connectivity index (χ3v) is 2.99. The van der Waals surface area contributed by atoms with E-state index in [4.69, 9.17) is 9.47 Å². The molecule has 1 heterocycles. The summed E-state index contributed by atoms with van der Waals surface area (Å²) >= 11 is 0. The molecule has 1 aromatic heterocycles. The fourth-order valence-electron chi connectivity index (χ4n) is 1.76. The maximum absolute atomic E-state index is 5.55. The van der Waals surface area contributed by atoms with Crippen LogP contribution >= 0.6 is 0 Å². The molecule has 0 atom stereocenters. The highest BCUT2D eigenvalue weighted by Crippen LogP contribution is 2.07. The van der Waals surface area contributed by atoms with Crippen LogP contribution in [-0.2, 0) is 22.6 Å². The monoisotopic (exact) mass is 269 g/mol. The van der Waals surface area contributed by atoms with E-state index in [1.165, 1.54) is 11.3 Å². The number of nitrogens with one attached hydrogen (secondary N) is 1. The van der Waals surface area contributed by atoms with Gasteiger partial charge in [-0.15, -0.1) is 0 Å². The molecule has 0 unspecified atom stereocenters. The highest BCUT2D eigenvalue weighted by atomic mass is 16.5. The first-order valence-electron chi connectivity index (χ1n) is 6.96. The summed E-state index contributed by atoms with van der Waals surface area (Å²) in [6, 6.07) is 0.492. The summed E-state index contributed by atoms with van der Waals surface area (Å²) in [5.74, 6) is 0. The quantitative estimate of drug-likeness (QED) is 0.657. The maximum Gasteiger partial charge on any atom is 0.0662 e. The van der Waals surface area contributed by atoms with Crippen LogP contribution in [0.25, 0.3) is 0 Å². The van der Waals surface area contributed by atoms with Gasteiger partial charge in [-0.25, -0.2) is 0 Å². The predicted octanol–water partition coefficient (Wildman–Crippen LogP) is 1.74. The first-order chi connectivity index (χ1) is 9.15. The van der Waals surface area contributed by atoms with Gasteiger partial charge in [-0.2, -0.15) is 5.10 Å². The highest BCUT2D eigenvalue weighted by Gasteiger charge is 2.06. The van der Waals surface area contributed by atoms with E-state index in [-0.39, 0.29) is 0 Å². The van der Waals surface area contributed by atoms with Crippen LogP contribution in [0.1, 0.15) is 31.5 Å². The standard InChI is InChI=1S/C14H27N3O2/c1-12(2)15-10-14-11-16-17(13(14)3)6-9-19-8-5-7-18-4/h11-12,15H,5-10H2,1-4H3. The smallest absolute Gasteiger partial charge is 0.0662 e. The average molecular weight is 269 g/mol. The summed E-state index contributed by atoms with van der Waals surface area (Å²) in [6.07, 6.45) is 2.88. The van der Waals surface area contributed by atoms with E-state index in [2.05, 4.69) is 31.2 Å². The van der Waals surface area contributed by atoms with Crippen molar-refractivity contribution in [3.05, 3.63) is 17.5 Å². The highest BCUT2D eigenvalue weighted by molar-refractivity contribution is 5.15. The second kappa shape index (κ2) is 9.07. The number of aromatic nitrogens is 2. The maximum atomic E-state index is 5.55. The number of rotatable bonds is 10. The number of methoxy groups -OCH3 is 1. The molecule has 0 amide bonds. The van der Waals surface area contributed by atoms with Crippen LogP contribution in [0.4, 0.5) is 0 Å². The molecule has 0 saturated heterocycles. The fourth-order valence-corrected chi connectivity index (χ4v) is 1.76. The second-order valence-corrected chi connectivity index (χ2v) is 4.97. The van der Waals surface area contributed by atoms with Gasteiger partial charge in [0.15, 0.2) is 0 Å². The van der Waals surface area contributed by atoms with Crippen LogP contribution in [0.15, 0.2) is 6.20 Å². The Labute approximate surface area is 116 Å². The Bertz CT molecular complexity index is 350. The van der Waals surface area contributed by atoms with Gasteiger partial charge in [0.2, 0.25) is 0 Å². The van der Waals surface area contributed by atoms with Crippen LogP contribution in [0.2, 0.25) is 0 Å². The summed E-state index contributed by atoms with van der Waals surface area (Å²) < 4.78 is 12.5. The van der Waals surface area contributed by atoms with Crippen LogP contribution in [0.5, 0.6) is 0 Å². The van der Waals surface area contributed by atoms with E-state index in [9.17, 15) is 0 Å². The fraction of sp³-hybridized carbons (Fsp3) is 0.786. The third-order valence-electron chi connectivity index (χ3n) is 2.99. The third kappa shape index (κ3) is 6.18. The van der Waals surface area contributed by atoms with E-state index >= 15 is 0 Å². The van der Waals surface area contributed by atoms with Gasteiger partial charge in [-0.05, 0) is 13.3 Å². The molecule has 1 rings (SSSR count). The summed E-state index contributed by atoms with van der Waals surface area (Å²) in [6.45, 7) is 10.3. The molecule has 1 N–H and O–H groups in total. The van der Waals surface area contributed by atoms with E-state index in [1.54, 1.807) is 7.11 Å². The summed E-state index contributed by atoms with van der Waals surface area (Å²) in [7, 11) is 1.71. The lowest BCUT2D eigenvalue weighted by Gasteiger charge is -2.09. The SMILES string of the molecule is COCCCOCCn1ncc(CNC(C)C)c1C. The van der Waals surface area contributed by atoms with Crippen molar-refractivity contribution in [3.63, 3.8) is 0 Å². The number of ether oxygens (including phenoxy) is 2. The van der Waals surface area contributed by atoms with Crippen molar-refractivity contribution in [3.8, 4) is 0 Å². The largest absolute Gasteiger partial charge is 0.385 e. The molecule has 0 aliphatic heterocycles. The van der Waals surface area contributed by atoms with E-state index in [0.29, 0.717) is 12.6 Å². The summed E-state index contributed by atoms with van der Waals surface area (Å²) in [5, 5.41) is 7.81. The predicted molar refractivity (Wildman–Crippen MR) is 76.3 cm³/mol. The van der Waals surface area contributed by atoms with Crippen molar-refractivity contribution in [1.82, 2.24) is 15.1 Å². The molecule has 0 aliphatic rings. The Morgan fingerprint density at radius 2 is 2.11 bits per heavy atom. The van der Waals surface area contributed by atoms with E-state index in [0.717, 1.165) is 32.7 Å². The minimum Gasteiger partial charge on any atom is -0.385 e. The molecule has 0 radical (unpaired) electrons. The number of hydrogen-bond acceptors (Lipinski definition) is 4. The normalized spacial score (nSPS) is 11.4. The van der Waals surface area contributed by atoms with Crippen molar-refractivity contribution >= 4 is 0 Å². The van der Waals surface area contributed by atoms with E-state index in [1.807, 2.05) is 10.9 Å². The van der Waals surface area contributed by atoms with Crippen LogP contribution < -0.4 is 5.32 Å². The molecule has 0 aliphatic carbocycles. The van der Waals surface area contributed by atoms with Crippen molar-refractivity contribution in [2.45, 2.75) is 46.3 Å². The summed E-state index contributed by atoms with van der Waals surface area (Å²) in [5.41, 5.74) is 2.47. The Morgan fingerprint density at radius 1 is 1.32 bits per heavy atom. The summed E-state index contributed by atoms with van der Waals surface area (Å²) in [4.78, 5) is 0. The molecule has 1 aromatic rings. The zero-order chi connectivity index (χ0) is 14.1. The van der Waals surface area contributed by atoms with Crippen molar-refractivity contribution in [2.75, 3.05) is 26.9 Å². The Morgan fingerprint density at radius 3 is 2.79 bits per heavy atom. The van der Waals surface area contributed by atoms with E-state index < -0.39 is 0 Å². The molecule has 110 valence electrons. The second-order valence-electron chi connectivity index (χ2n) is 4.97. The lowest BCUT2D eigenvalue weighted by atomic mass is 10.2. The van der Waals surface area contributed by atoms with Crippen LogP contribution in [-0.4, -0.2) is 42.8 Å². The lowest BCUT2D eigenvalue weighted by molar-refractivity contribution is 0.0958. The van der Waals surface area contributed by atoms with Gasteiger partial charge < -0.3 is 14.8 Å². The van der Waals surface area contributed by atoms with Gasteiger partial charge in [-0.1, -0.05) is 13.8 Å². The molecule has 0 bridgehead atoms. The first kappa shape index (κ1) is 16.1. The minimum absolute atomic E-state index is 0.492. The van der Waals surface area contributed by atoms with Crippen LogP contribution in [0, 0.1) is 6.92 Å². The molecular weight excluding hydrogens is 242 g/mol. The molecular formula is C14H27N3O2. The Kier molecular flexibility index (Phi) is 7.70. The van der Waals surface area contributed by atoms with Gasteiger partial charge >= 0.3 is 0 Å². The molecule has 0 spiro atoms. The van der Waals surface area contributed by atoms with Crippen LogP contribution in [0.3, 0.4) is 0 Å². The number of hydrogen-bond donors (Lipinski definition) is 1. The molecule has 19 heavy (non-hydrogen) atoms. The molecule has 5 heteroatoms. The topological polar surface area (TPSA) is 48.3 Å².